The molecule has 3 aromatic rings. The summed E-state index contributed by atoms with van der Waals surface area (Å²) in [7, 11) is 0. The van der Waals surface area contributed by atoms with Crippen LogP contribution >= 0.6 is 15.9 Å². The van der Waals surface area contributed by atoms with Gasteiger partial charge in [0.1, 0.15) is 0 Å². The van der Waals surface area contributed by atoms with Crippen LogP contribution in [0.4, 0.5) is 0 Å². The third kappa shape index (κ3) is 4.27. The van der Waals surface area contributed by atoms with Crippen molar-refractivity contribution >= 4 is 34.0 Å². The average molecular weight is 449 g/mol. The third-order valence-electron chi connectivity index (χ3n) is 4.76. The van der Waals surface area contributed by atoms with Gasteiger partial charge in [-0.15, -0.1) is 10.1 Å². The molecule has 0 unspecified atom stereocenters. The molecule has 0 aromatic heterocycles. The van der Waals surface area contributed by atoms with Gasteiger partial charge in [0.15, 0.2) is 6.04 Å². The first-order chi connectivity index (χ1) is 14.1. The zero-order valence-electron chi connectivity index (χ0n) is 15.5. The molecule has 2 atom stereocenters. The Morgan fingerprint density at radius 2 is 1.55 bits per heavy atom. The fourth-order valence-corrected chi connectivity index (χ4v) is 3.62. The Balaban J connectivity index is 1.69. The van der Waals surface area contributed by atoms with Gasteiger partial charge in [0.2, 0.25) is 12.3 Å². The van der Waals surface area contributed by atoms with E-state index in [4.69, 9.17) is 0 Å². The first-order valence-electron chi connectivity index (χ1n) is 9.22. The van der Waals surface area contributed by atoms with E-state index in [-0.39, 0.29) is 17.9 Å². The summed E-state index contributed by atoms with van der Waals surface area (Å²) in [6.45, 7) is 0. The van der Waals surface area contributed by atoms with Gasteiger partial charge < -0.3 is 5.32 Å². The van der Waals surface area contributed by atoms with E-state index in [1.54, 1.807) is 28.9 Å². The molecule has 6 heteroatoms. The zero-order valence-corrected chi connectivity index (χ0v) is 17.0. The van der Waals surface area contributed by atoms with E-state index in [1.807, 2.05) is 66.9 Å². The summed E-state index contributed by atoms with van der Waals surface area (Å²) in [6.07, 6.45) is 1.87. The van der Waals surface area contributed by atoms with Gasteiger partial charge in [0.25, 0.3) is 5.91 Å². The molecular formula is C23H19BrN3O2+. The highest BCUT2D eigenvalue weighted by Crippen LogP contribution is 2.25. The van der Waals surface area contributed by atoms with Crippen LogP contribution in [0.1, 0.15) is 27.5 Å². The van der Waals surface area contributed by atoms with Crippen molar-refractivity contribution in [1.29, 1.82) is 0 Å². The van der Waals surface area contributed by atoms with Crippen molar-refractivity contribution in [3.8, 4) is 0 Å². The number of rotatable bonds is 4. The van der Waals surface area contributed by atoms with Gasteiger partial charge in [0.05, 0.1) is 0 Å². The fraction of sp³-hybridized carbons (Fsp3) is 0.0870. The van der Waals surface area contributed by atoms with Crippen LogP contribution < -0.4 is 10.7 Å². The summed E-state index contributed by atoms with van der Waals surface area (Å²) in [4.78, 5) is 25.5. The van der Waals surface area contributed by atoms with E-state index < -0.39 is 6.04 Å². The fourth-order valence-electron chi connectivity index (χ4n) is 3.35. The lowest BCUT2D eigenvalue weighted by molar-refractivity contribution is -0.596. The largest absolute Gasteiger partial charge is 0.334 e. The molecule has 0 saturated carbocycles. The number of halogens is 1. The lowest BCUT2D eigenvalue weighted by Gasteiger charge is -2.14. The second-order valence-corrected chi connectivity index (χ2v) is 7.65. The number of nitrogens with zero attached hydrogens (tertiary/aromatic N) is 1. The summed E-state index contributed by atoms with van der Waals surface area (Å²) in [5.74, 6) is -0.534. The monoisotopic (exact) mass is 448 g/mol. The maximum absolute atomic E-state index is 12.8. The van der Waals surface area contributed by atoms with Crippen molar-refractivity contribution in [2.75, 3.05) is 0 Å². The summed E-state index contributed by atoms with van der Waals surface area (Å²) >= 11 is 3.43. The number of hydrogen-bond acceptors (Lipinski definition) is 2. The summed E-state index contributed by atoms with van der Waals surface area (Å²) in [6, 6.07) is 25.3. The van der Waals surface area contributed by atoms with Crippen LogP contribution in [-0.2, 0) is 4.79 Å². The molecule has 1 aliphatic heterocycles. The van der Waals surface area contributed by atoms with Crippen molar-refractivity contribution in [1.82, 2.24) is 10.7 Å². The number of hydrazine groups is 1. The Labute approximate surface area is 177 Å². The number of hydrogen-bond donors (Lipinski definition) is 2. The molecule has 0 bridgehead atoms. The number of nitrogens with one attached hydrogen (secondary N) is 2. The van der Waals surface area contributed by atoms with Crippen molar-refractivity contribution in [2.45, 2.75) is 12.1 Å². The average Bonchev–Trinajstić information content (AvgIpc) is 3.05. The topological polar surface area (TPSA) is 61.2 Å². The maximum Gasteiger partial charge on any atom is 0.304 e. The van der Waals surface area contributed by atoms with Crippen LogP contribution in [0, 0.1) is 0 Å². The third-order valence-corrected chi connectivity index (χ3v) is 5.29. The molecule has 2 N–H and O–H groups in total. The van der Waals surface area contributed by atoms with Gasteiger partial charge in [-0.3, -0.25) is 9.59 Å². The predicted octanol–water partition coefficient (Wildman–Crippen LogP) is 3.47. The number of hydrazone groups is 1. The van der Waals surface area contributed by atoms with Gasteiger partial charge in [-0.05, 0) is 36.4 Å². The molecule has 1 saturated heterocycles. The van der Waals surface area contributed by atoms with Crippen LogP contribution in [0.3, 0.4) is 0 Å². The minimum Gasteiger partial charge on any atom is -0.334 e. The van der Waals surface area contributed by atoms with Crippen LogP contribution in [0.15, 0.2) is 89.4 Å². The van der Waals surface area contributed by atoms with E-state index >= 15 is 0 Å². The van der Waals surface area contributed by atoms with E-state index in [0.29, 0.717) is 5.56 Å². The molecule has 1 fully saturated rings. The number of carbonyl (C=O) groups is 2. The molecule has 1 heterocycles. The molecular weight excluding hydrogens is 430 g/mol. The molecule has 0 spiro atoms. The van der Waals surface area contributed by atoms with Crippen LogP contribution in [-0.4, -0.2) is 28.8 Å². The molecule has 5 nitrogen and oxygen atoms in total. The number of benzene rings is 3. The molecule has 29 heavy (non-hydrogen) atoms. The minimum absolute atomic E-state index is 0.253. The van der Waals surface area contributed by atoms with Crippen LogP contribution in [0.2, 0.25) is 0 Å². The minimum atomic E-state index is -0.725. The number of carbonyl (C=O) groups excluding carboxylic acids is 2. The van der Waals surface area contributed by atoms with E-state index in [1.165, 1.54) is 0 Å². The molecule has 144 valence electrons. The smallest absolute Gasteiger partial charge is 0.304 e. The second-order valence-electron chi connectivity index (χ2n) is 6.74. The van der Waals surface area contributed by atoms with E-state index in [9.17, 15) is 9.59 Å². The Morgan fingerprint density at radius 3 is 2.21 bits per heavy atom. The summed E-state index contributed by atoms with van der Waals surface area (Å²) < 4.78 is 2.74. The molecule has 0 radical (unpaired) electrons. The lowest BCUT2D eigenvalue weighted by Crippen LogP contribution is -2.42. The summed E-state index contributed by atoms with van der Waals surface area (Å²) in [5, 5.41) is 2.90. The van der Waals surface area contributed by atoms with Crippen molar-refractivity contribution in [2.24, 2.45) is 0 Å². The van der Waals surface area contributed by atoms with Gasteiger partial charge in [-0.1, -0.05) is 64.5 Å². The Bertz CT molecular complexity index is 1050. The van der Waals surface area contributed by atoms with Crippen LogP contribution in [0.5, 0.6) is 0 Å². The van der Waals surface area contributed by atoms with Gasteiger partial charge in [-0.2, -0.15) is 0 Å². The standard InChI is InChI=1S/C23H18BrN3O2/c24-19-13-11-16(12-14-19)15-27-21(17-7-3-1-4-8-17)20(23(29)26-27)25-22(28)18-9-5-2-6-10-18/h1-15,20-21H,(H-,25,26,28,29)/p+1/b27-15-/t20-,21+/m0/s1. The van der Waals surface area contributed by atoms with Gasteiger partial charge >= 0.3 is 5.91 Å². The Kier molecular flexibility index (Phi) is 5.53. The van der Waals surface area contributed by atoms with Crippen molar-refractivity contribution in [3.63, 3.8) is 0 Å². The molecule has 2 amide bonds. The van der Waals surface area contributed by atoms with E-state index in [2.05, 4.69) is 26.7 Å². The molecule has 0 aliphatic carbocycles. The second kappa shape index (κ2) is 8.41. The SMILES string of the molecule is O=C(N[C@@H]1C(=O)N/[N+](=C\c2ccc(Br)cc2)[C@@H]1c1ccccc1)c1ccccc1. The van der Waals surface area contributed by atoms with Gasteiger partial charge in [-0.25, -0.2) is 0 Å². The van der Waals surface area contributed by atoms with Crippen molar-refractivity contribution in [3.05, 3.63) is 106 Å². The number of amides is 2. The highest BCUT2D eigenvalue weighted by Gasteiger charge is 2.47. The first kappa shape index (κ1) is 19.1. The van der Waals surface area contributed by atoms with E-state index in [0.717, 1.165) is 15.6 Å². The van der Waals surface area contributed by atoms with Crippen LogP contribution in [0.25, 0.3) is 0 Å². The first-order valence-corrected chi connectivity index (χ1v) is 10.0. The Hall–Kier alpha value is -3.25. The zero-order chi connectivity index (χ0) is 20.2. The molecule has 1 aliphatic rings. The summed E-state index contributed by atoms with van der Waals surface area (Å²) in [5.41, 5.74) is 5.26. The Morgan fingerprint density at radius 1 is 0.931 bits per heavy atom. The predicted molar refractivity (Wildman–Crippen MR) is 115 cm³/mol. The quantitative estimate of drug-likeness (QED) is 0.600. The highest BCUT2D eigenvalue weighted by molar-refractivity contribution is 9.10. The maximum atomic E-state index is 12.8. The molecule has 3 aromatic carbocycles. The normalized spacial score (nSPS) is 19.8. The van der Waals surface area contributed by atoms with Gasteiger partial charge in [0, 0.05) is 21.2 Å². The molecule has 4 rings (SSSR count). The lowest BCUT2D eigenvalue weighted by atomic mass is 10.00. The highest BCUT2D eigenvalue weighted by atomic mass is 79.9. The van der Waals surface area contributed by atoms with Crippen molar-refractivity contribution < 1.29 is 14.3 Å².